The Hall–Kier alpha value is -0.196. The first-order chi connectivity index (χ1) is 3.93. The minimum Gasteiger partial charge on any atom is -0.180 e. The van der Waals surface area contributed by atoms with Crippen molar-refractivity contribution in [2.75, 3.05) is 0 Å². The van der Waals surface area contributed by atoms with E-state index in [-0.39, 0.29) is 18.6 Å². The second kappa shape index (κ2) is 4.66. The molecule has 0 atom stereocenters. The fraction of sp³-hybridized carbons (Fsp3) is 0.250. The summed E-state index contributed by atoms with van der Waals surface area (Å²) in [6.45, 7) is 2.13. The van der Waals surface area contributed by atoms with Gasteiger partial charge in [0.25, 0.3) is 0 Å². The number of hydrogen-bond acceptors (Lipinski definition) is 0. The zero-order valence-corrected chi connectivity index (χ0v) is 6.86. The Kier molecular flexibility index (Phi) is 4.56. The summed E-state index contributed by atoms with van der Waals surface area (Å²) in [6.07, 6.45) is 1.08. The topological polar surface area (TPSA) is 0 Å². The van der Waals surface area contributed by atoms with Crippen molar-refractivity contribution < 1.29 is 18.6 Å². The van der Waals surface area contributed by atoms with Crippen LogP contribution < -0.4 is 0 Å². The molecule has 0 bridgehead atoms. The van der Waals surface area contributed by atoms with E-state index < -0.39 is 0 Å². The van der Waals surface area contributed by atoms with E-state index in [1.54, 1.807) is 0 Å². The van der Waals surface area contributed by atoms with Crippen molar-refractivity contribution in [1.29, 1.82) is 0 Å². The molecule has 1 radical (unpaired) electrons. The summed E-state index contributed by atoms with van der Waals surface area (Å²) in [5, 5.41) is 0. The maximum absolute atomic E-state index is 3.12. The molecule has 0 nitrogen and oxygen atoms in total. The molecule has 47 valence electrons. The molecule has 1 rings (SSSR count). The van der Waals surface area contributed by atoms with E-state index in [2.05, 4.69) is 19.1 Å². The first-order valence-electron chi connectivity index (χ1n) is 2.89. The van der Waals surface area contributed by atoms with Crippen molar-refractivity contribution in [3.63, 3.8) is 0 Å². The van der Waals surface area contributed by atoms with Gasteiger partial charge in [0.2, 0.25) is 0 Å². The second-order valence-corrected chi connectivity index (χ2v) is 1.74. The van der Waals surface area contributed by atoms with Gasteiger partial charge >= 0.3 is 0 Å². The molecule has 0 aliphatic rings. The summed E-state index contributed by atoms with van der Waals surface area (Å²) in [5.41, 5.74) is 1.28. The van der Waals surface area contributed by atoms with E-state index in [1.165, 1.54) is 5.56 Å². The molecule has 1 heteroatoms. The van der Waals surface area contributed by atoms with Crippen LogP contribution in [-0.4, -0.2) is 0 Å². The molecule has 0 fully saturated rings. The molecule has 0 aliphatic heterocycles. The molecule has 0 N–H and O–H groups in total. The largest absolute Gasteiger partial charge is 0.180 e. The van der Waals surface area contributed by atoms with E-state index in [0.717, 1.165) is 6.42 Å². The summed E-state index contributed by atoms with van der Waals surface area (Å²) in [4.78, 5) is 0. The van der Waals surface area contributed by atoms with Crippen molar-refractivity contribution in [3.8, 4) is 0 Å². The van der Waals surface area contributed by atoms with Gasteiger partial charge in [0.1, 0.15) is 0 Å². The summed E-state index contributed by atoms with van der Waals surface area (Å²) in [5.74, 6) is 0. The van der Waals surface area contributed by atoms with Crippen molar-refractivity contribution in [3.05, 3.63) is 35.9 Å². The standard InChI is InChI=1S/C8H9.V/c1-2-8-6-4-3-5-7-8;/h3-6H,2H2,1H3;/q-1;. The van der Waals surface area contributed by atoms with Crippen molar-refractivity contribution in [2.24, 2.45) is 0 Å². The third-order valence-corrected chi connectivity index (χ3v) is 1.15. The fourth-order valence-corrected chi connectivity index (χ4v) is 0.650. The smallest absolute Gasteiger partial charge is 0 e. The van der Waals surface area contributed by atoms with Gasteiger partial charge in [0.15, 0.2) is 0 Å². The Labute approximate surface area is 68.2 Å². The fourth-order valence-electron chi connectivity index (χ4n) is 0.650. The summed E-state index contributed by atoms with van der Waals surface area (Å²) < 4.78 is 0. The van der Waals surface area contributed by atoms with Crippen LogP contribution in [0.1, 0.15) is 12.5 Å². The molecule has 0 heterocycles. The van der Waals surface area contributed by atoms with E-state index in [0.29, 0.717) is 0 Å². The van der Waals surface area contributed by atoms with Crippen LogP contribution in [0.5, 0.6) is 0 Å². The molecule has 0 aromatic heterocycles. The Morgan fingerprint density at radius 3 is 2.56 bits per heavy atom. The van der Waals surface area contributed by atoms with Gasteiger partial charge in [-0.3, -0.25) is 0 Å². The van der Waals surface area contributed by atoms with Crippen LogP contribution in [0.25, 0.3) is 0 Å². The van der Waals surface area contributed by atoms with Gasteiger partial charge in [-0.1, -0.05) is 13.3 Å². The number of hydrogen-bond donors (Lipinski definition) is 0. The molecule has 0 unspecified atom stereocenters. The molecule has 9 heavy (non-hydrogen) atoms. The van der Waals surface area contributed by atoms with Crippen LogP contribution in [0.3, 0.4) is 0 Å². The third kappa shape index (κ3) is 2.74. The van der Waals surface area contributed by atoms with E-state index in [9.17, 15) is 0 Å². The van der Waals surface area contributed by atoms with Gasteiger partial charge in [-0.2, -0.15) is 35.9 Å². The molecule has 0 spiro atoms. The maximum atomic E-state index is 3.12. The Bertz CT molecular complexity index is 146. The van der Waals surface area contributed by atoms with Crippen LogP contribution in [-0.2, 0) is 25.0 Å². The number of aryl methyl sites for hydroxylation is 1. The second-order valence-electron chi connectivity index (χ2n) is 1.74. The normalized spacial score (nSPS) is 8.11. The number of benzene rings is 1. The molecule has 0 amide bonds. The molecule has 1 aromatic rings. The van der Waals surface area contributed by atoms with Gasteiger partial charge in [-0.15, -0.1) is 0 Å². The summed E-state index contributed by atoms with van der Waals surface area (Å²) in [6, 6.07) is 11.2. The predicted molar refractivity (Wildman–Crippen MR) is 34.7 cm³/mol. The quantitative estimate of drug-likeness (QED) is 0.546. The van der Waals surface area contributed by atoms with Crippen LogP contribution in [0.2, 0.25) is 0 Å². The van der Waals surface area contributed by atoms with Gasteiger partial charge in [-0.05, 0) is 0 Å². The Morgan fingerprint density at radius 2 is 2.22 bits per heavy atom. The van der Waals surface area contributed by atoms with Gasteiger partial charge in [-0.25, -0.2) is 0 Å². The monoisotopic (exact) mass is 156 g/mol. The molecule has 0 aliphatic carbocycles. The predicted octanol–water partition coefficient (Wildman–Crippen LogP) is 2.05. The van der Waals surface area contributed by atoms with Gasteiger partial charge in [0, 0.05) is 18.6 Å². The van der Waals surface area contributed by atoms with Gasteiger partial charge < -0.3 is 0 Å². The summed E-state index contributed by atoms with van der Waals surface area (Å²) >= 11 is 0. The van der Waals surface area contributed by atoms with Crippen molar-refractivity contribution >= 4 is 0 Å². The van der Waals surface area contributed by atoms with Crippen LogP contribution in [0.4, 0.5) is 0 Å². The molecule has 0 saturated carbocycles. The van der Waals surface area contributed by atoms with Crippen molar-refractivity contribution in [1.82, 2.24) is 0 Å². The Balaban J connectivity index is 0.000000640. The maximum Gasteiger partial charge on any atom is 0 e. The van der Waals surface area contributed by atoms with Crippen LogP contribution in [0.15, 0.2) is 24.3 Å². The first kappa shape index (κ1) is 8.80. The van der Waals surface area contributed by atoms with Crippen LogP contribution >= 0.6 is 0 Å². The van der Waals surface area contributed by atoms with E-state index >= 15 is 0 Å². The molecule has 0 saturated heterocycles. The minimum atomic E-state index is 0. The number of rotatable bonds is 1. The average molecular weight is 156 g/mol. The zero-order valence-electron chi connectivity index (χ0n) is 5.46. The van der Waals surface area contributed by atoms with E-state index in [1.807, 2.05) is 18.2 Å². The van der Waals surface area contributed by atoms with E-state index in [4.69, 9.17) is 0 Å². The molecular formula is C8H9V-. The van der Waals surface area contributed by atoms with Gasteiger partial charge in [0.05, 0.1) is 0 Å². The zero-order chi connectivity index (χ0) is 5.82. The van der Waals surface area contributed by atoms with Crippen LogP contribution in [0, 0.1) is 6.07 Å². The first-order valence-corrected chi connectivity index (χ1v) is 2.89. The molecule has 1 aromatic carbocycles. The molecular weight excluding hydrogens is 147 g/mol. The Morgan fingerprint density at radius 1 is 1.44 bits per heavy atom. The third-order valence-electron chi connectivity index (χ3n) is 1.15. The minimum absolute atomic E-state index is 0. The SMILES string of the molecule is CCc1[c-]cccc1.[V]. The van der Waals surface area contributed by atoms with Crippen molar-refractivity contribution in [2.45, 2.75) is 13.3 Å². The average Bonchev–Trinajstić information content (AvgIpc) is 1.90. The summed E-state index contributed by atoms with van der Waals surface area (Å²) in [7, 11) is 0.